The Hall–Kier alpha value is -2.78. The zero-order chi connectivity index (χ0) is 24.4. The van der Waals surface area contributed by atoms with E-state index in [0.29, 0.717) is 20.8 Å². The molecule has 0 saturated carbocycles. The molecule has 10 heteroatoms. The van der Waals surface area contributed by atoms with Gasteiger partial charge in [0.15, 0.2) is 10.9 Å². The summed E-state index contributed by atoms with van der Waals surface area (Å²) in [4.78, 5) is 26.6. The van der Waals surface area contributed by atoms with Crippen LogP contribution in [-0.4, -0.2) is 16.9 Å². The van der Waals surface area contributed by atoms with E-state index >= 15 is 0 Å². The lowest BCUT2D eigenvalue weighted by Crippen LogP contribution is -2.54. The van der Waals surface area contributed by atoms with Gasteiger partial charge in [0.05, 0.1) is 15.2 Å². The monoisotopic (exact) mass is 578 g/mol. The van der Waals surface area contributed by atoms with E-state index < -0.39 is 17.6 Å². The van der Waals surface area contributed by atoms with E-state index in [-0.39, 0.29) is 28.0 Å². The molecule has 34 heavy (non-hydrogen) atoms. The summed E-state index contributed by atoms with van der Waals surface area (Å²) in [6.07, 6.45) is 1.35. The number of halogens is 4. The Labute approximate surface area is 218 Å². The second-order valence-electron chi connectivity index (χ2n) is 7.10. The van der Waals surface area contributed by atoms with E-state index in [4.69, 9.17) is 40.2 Å². The third-order valence-corrected chi connectivity index (χ3v) is 6.38. The number of nitrogens with zero attached hydrogens (tertiary/aromatic N) is 1. The molecule has 0 atom stereocenters. The van der Waals surface area contributed by atoms with Gasteiger partial charge < -0.3 is 4.74 Å². The highest BCUT2D eigenvalue weighted by Crippen LogP contribution is 2.36. The van der Waals surface area contributed by atoms with Gasteiger partial charge in [0, 0.05) is 10.6 Å². The summed E-state index contributed by atoms with van der Waals surface area (Å²) < 4.78 is 20.6. The SMILES string of the molecule is O=C1NC(=S)N(c2ccccc2F)C(=O)/C1=C/c1cc(Cl)c(OCc2ccccc2Cl)c(Br)c1. The van der Waals surface area contributed by atoms with Crippen molar-refractivity contribution in [2.75, 3.05) is 4.90 Å². The predicted molar refractivity (Wildman–Crippen MR) is 138 cm³/mol. The Morgan fingerprint density at radius 3 is 2.47 bits per heavy atom. The van der Waals surface area contributed by atoms with Gasteiger partial charge in [-0.1, -0.05) is 53.5 Å². The number of hydrogen-bond acceptors (Lipinski definition) is 4. The van der Waals surface area contributed by atoms with Gasteiger partial charge in [0.1, 0.15) is 18.0 Å². The predicted octanol–water partition coefficient (Wildman–Crippen LogP) is 6.31. The number of anilines is 1. The number of carbonyl (C=O) groups excluding carboxylic acids is 2. The fraction of sp³-hybridized carbons (Fsp3) is 0.0417. The summed E-state index contributed by atoms with van der Waals surface area (Å²) in [5.74, 6) is -1.74. The number of carbonyl (C=O) groups is 2. The Bertz CT molecular complexity index is 1340. The second-order valence-corrected chi connectivity index (χ2v) is 9.16. The molecular weight excluding hydrogens is 566 g/mol. The van der Waals surface area contributed by atoms with Crippen molar-refractivity contribution in [3.05, 3.63) is 97.7 Å². The first-order valence-electron chi connectivity index (χ1n) is 9.77. The quantitative estimate of drug-likeness (QED) is 0.219. The summed E-state index contributed by atoms with van der Waals surface area (Å²) in [6.45, 7) is 0.189. The lowest BCUT2D eigenvalue weighted by atomic mass is 10.1. The fourth-order valence-corrected chi connectivity index (χ4v) is 4.70. The smallest absolute Gasteiger partial charge is 0.270 e. The van der Waals surface area contributed by atoms with Crippen LogP contribution in [-0.2, 0) is 16.2 Å². The standard InChI is InChI=1S/C24H14BrCl2FN2O3S/c25-16-10-13(11-18(27)21(16)33-12-14-5-1-2-6-17(14)26)9-15-22(31)29-24(34)30(23(15)32)20-8-4-3-7-19(20)28/h1-11H,12H2,(H,29,31,34)/b15-9+. The first-order chi connectivity index (χ1) is 16.3. The molecule has 1 fully saturated rings. The molecule has 2 amide bonds. The van der Waals surface area contributed by atoms with Gasteiger partial charge in [-0.3, -0.25) is 14.9 Å². The summed E-state index contributed by atoms with van der Waals surface area (Å²) >= 11 is 21.1. The van der Waals surface area contributed by atoms with Crippen LogP contribution in [0, 0.1) is 5.82 Å². The number of rotatable bonds is 5. The van der Waals surface area contributed by atoms with Crippen LogP contribution >= 0.6 is 51.3 Å². The molecule has 1 N–H and O–H groups in total. The van der Waals surface area contributed by atoms with Gasteiger partial charge in [0.2, 0.25) is 0 Å². The Morgan fingerprint density at radius 1 is 1.06 bits per heavy atom. The number of hydrogen-bond donors (Lipinski definition) is 1. The number of amides is 2. The number of ether oxygens (including phenoxy) is 1. The normalized spacial score (nSPS) is 15.0. The van der Waals surface area contributed by atoms with Gasteiger partial charge in [-0.05, 0) is 70.1 Å². The lowest BCUT2D eigenvalue weighted by molar-refractivity contribution is -0.122. The van der Waals surface area contributed by atoms with Gasteiger partial charge in [-0.2, -0.15) is 0 Å². The van der Waals surface area contributed by atoms with Gasteiger partial charge in [0.25, 0.3) is 11.8 Å². The van der Waals surface area contributed by atoms with E-state index in [1.54, 1.807) is 24.3 Å². The topological polar surface area (TPSA) is 58.6 Å². The van der Waals surface area contributed by atoms with Crippen molar-refractivity contribution in [2.24, 2.45) is 0 Å². The molecule has 0 aromatic heterocycles. The maximum atomic E-state index is 14.3. The average Bonchev–Trinajstić information content (AvgIpc) is 2.78. The van der Waals surface area contributed by atoms with E-state index in [2.05, 4.69) is 21.2 Å². The van der Waals surface area contributed by atoms with E-state index in [1.165, 1.54) is 24.3 Å². The molecule has 4 rings (SSSR count). The van der Waals surface area contributed by atoms with Crippen LogP contribution in [0.1, 0.15) is 11.1 Å². The maximum absolute atomic E-state index is 14.3. The zero-order valence-electron chi connectivity index (χ0n) is 17.2. The van der Waals surface area contributed by atoms with E-state index in [0.717, 1.165) is 10.5 Å². The van der Waals surface area contributed by atoms with Crippen LogP contribution in [0.4, 0.5) is 10.1 Å². The van der Waals surface area contributed by atoms with Gasteiger partial charge in [-0.25, -0.2) is 9.29 Å². The van der Waals surface area contributed by atoms with Crippen molar-refractivity contribution in [3.63, 3.8) is 0 Å². The van der Waals surface area contributed by atoms with Crippen LogP contribution in [0.3, 0.4) is 0 Å². The zero-order valence-corrected chi connectivity index (χ0v) is 21.1. The molecule has 0 bridgehead atoms. The number of benzene rings is 3. The van der Waals surface area contributed by atoms with Crippen molar-refractivity contribution in [2.45, 2.75) is 6.61 Å². The minimum atomic E-state index is -0.759. The van der Waals surface area contributed by atoms with Crippen molar-refractivity contribution in [1.82, 2.24) is 5.32 Å². The summed E-state index contributed by atoms with van der Waals surface area (Å²) in [6, 6.07) is 16.1. The van der Waals surface area contributed by atoms with Crippen molar-refractivity contribution in [1.29, 1.82) is 0 Å². The summed E-state index contributed by atoms with van der Waals surface area (Å²) in [5, 5.41) is 3.03. The molecule has 1 heterocycles. The molecule has 3 aromatic rings. The largest absolute Gasteiger partial charge is 0.486 e. The Morgan fingerprint density at radius 2 is 1.76 bits per heavy atom. The molecular formula is C24H14BrCl2FN2O3S. The van der Waals surface area contributed by atoms with E-state index in [9.17, 15) is 14.0 Å². The van der Waals surface area contributed by atoms with E-state index in [1.807, 2.05) is 18.2 Å². The first-order valence-corrected chi connectivity index (χ1v) is 11.7. The highest BCUT2D eigenvalue weighted by atomic mass is 79.9. The third kappa shape index (κ3) is 5.00. The third-order valence-electron chi connectivity index (χ3n) is 4.86. The van der Waals surface area contributed by atoms with Gasteiger partial charge in [-0.15, -0.1) is 0 Å². The molecule has 1 aliphatic heterocycles. The maximum Gasteiger partial charge on any atom is 0.270 e. The van der Waals surface area contributed by atoms with Crippen LogP contribution < -0.4 is 15.0 Å². The number of nitrogens with one attached hydrogen (secondary N) is 1. The minimum Gasteiger partial charge on any atom is -0.486 e. The lowest BCUT2D eigenvalue weighted by Gasteiger charge is -2.29. The van der Waals surface area contributed by atoms with Crippen LogP contribution in [0.2, 0.25) is 10.0 Å². The van der Waals surface area contributed by atoms with Crippen LogP contribution in [0.5, 0.6) is 5.75 Å². The highest BCUT2D eigenvalue weighted by molar-refractivity contribution is 9.10. The fourth-order valence-electron chi connectivity index (χ4n) is 3.24. The molecule has 0 unspecified atom stereocenters. The molecule has 5 nitrogen and oxygen atoms in total. The molecule has 0 radical (unpaired) electrons. The summed E-state index contributed by atoms with van der Waals surface area (Å²) in [5.41, 5.74) is 0.935. The molecule has 1 saturated heterocycles. The van der Waals surface area contributed by atoms with Crippen molar-refractivity contribution in [3.8, 4) is 5.75 Å². The van der Waals surface area contributed by atoms with Crippen LogP contribution in [0.25, 0.3) is 6.08 Å². The second kappa shape index (κ2) is 10.2. The minimum absolute atomic E-state index is 0.0640. The number of thiocarbonyl (C=S) groups is 1. The average molecular weight is 580 g/mol. The molecule has 0 aliphatic carbocycles. The van der Waals surface area contributed by atoms with Gasteiger partial charge >= 0.3 is 0 Å². The number of para-hydroxylation sites is 1. The van der Waals surface area contributed by atoms with Crippen molar-refractivity contribution >= 4 is 80.0 Å². The molecule has 1 aliphatic rings. The van der Waals surface area contributed by atoms with Crippen molar-refractivity contribution < 1.29 is 18.7 Å². The van der Waals surface area contributed by atoms with Crippen LogP contribution in [0.15, 0.2) is 70.7 Å². The highest BCUT2D eigenvalue weighted by Gasteiger charge is 2.35. The Kier molecular flexibility index (Phi) is 7.33. The molecule has 172 valence electrons. The molecule has 3 aromatic carbocycles. The summed E-state index contributed by atoms with van der Waals surface area (Å²) in [7, 11) is 0. The molecule has 0 spiro atoms. The first kappa shape index (κ1) is 24.3. The Balaban J connectivity index is 1.63.